The van der Waals surface area contributed by atoms with Crippen molar-refractivity contribution < 1.29 is 4.79 Å². The fourth-order valence-corrected chi connectivity index (χ4v) is 2.45. The van der Waals surface area contributed by atoms with E-state index in [0.717, 1.165) is 23.7 Å². The number of fused-ring (bicyclic) bond motifs is 1. The summed E-state index contributed by atoms with van der Waals surface area (Å²) in [7, 11) is 0. The number of aromatic nitrogens is 1. The molecule has 0 bridgehead atoms. The minimum Gasteiger partial charge on any atom is -0.396 e. The first-order valence-corrected chi connectivity index (χ1v) is 7.48. The fraction of sp³-hybridized carbons (Fsp3) is 0.412. The second-order valence-corrected chi connectivity index (χ2v) is 5.80. The van der Waals surface area contributed by atoms with Gasteiger partial charge in [-0.1, -0.05) is 39.0 Å². The molecule has 0 aliphatic rings. The molecule has 0 spiro atoms. The molecule has 1 heterocycles. The van der Waals surface area contributed by atoms with Gasteiger partial charge in [0, 0.05) is 11.8 Å². The Morgan fingerprint density at radius 2 is 2.14 bits per heavy atom. The Kier molecular flexibility index (Phi) is 4.78. The first-order chi connectivity index (χ1) is 10.0. The van der Waals surface area contributed by atoms with Gasteiger partial charge in [0.1, 0.15) is 0 Å². The molecule has 1 amide bonds. The number of nitrogens with one attached hydrogen (secondary N) is 1. The van der Waals surface area contributed by atoms with Crippen LogP contribution in [0.4, 0.5) is 11.4 Å². The molecule has 4 heteroatoms. The molecule has 3 N–H and O–H groups in total. The fourth-order valence-electron chi connectivity index (χ4n) is 2.45. The minimum atomic E-state index is -0.0244. The van der Waals surface area contributed by atoms with E-state index in [-0.39, 0.29) is 5.91 Å². The zero-order valence-electron chi connectivity index (χ0n) is 12.9. The Bertz CT molecular complexity index is 650. The normalized spacial score (nSPS) is 11.0. The number of rotatable bonds is 5. The zero-order chi connectivity index (χ0) is 15.4. The first kappa shape index (κ1) is 15.3. The van der Waals surface area contributed by atoms with Crippen molar-refractivity contribution in [2.24, 2.45) is 5.92 Å². The molecule has 0 aliphatic carbocycles. The molecular weight excluding hydrogens is 262 g/mol. The predicted octanol–water partition coefficient (Wildman–Crippen LogP) is 3.75. The molecule has 0 saturated heterocycles. The molecule has 0 saturated carbocycles. The van der Waals surface area contributed by atoms with Gasteiger partial charge in [0.05, 0.1) is 23.1 Å². The van der Waals surface area contributed by atoms with E-state index in [0.29, 0.717) is 23.7 Å². The summed E-state index contributed by atoms with van der Waals surface area (Å²) in [5.74, 6) is 0.534. The van der Waals surface area contributed by atoms with Gasteiger partial charge >= 0.3 is 0 Å². The van der Waals surface area contributed by atoms with Crippen molar-refractivity contribution in [3.63, 3.8) is 0 Å². The molecule has 4 nitrogen and oxygen atoms in total. The molecule has 1 aromatic heterocycles. The maximum atomic E-state index is 11.7. The first-order valence-electron chi connectivity index (χ1n) is 7.48. The Morgan fingerprint density at radius 1 is 1.38 bits per heavy atom. The quantitative estimate of drug-likeness (QED) is 0.879. The van der Waals surface area contributed by atoms with Gasteiger partial charge in [0.25, 0.3) is 0 Å². The molecule has 1 aromatic carbocycles. The number of nitrogen functional groups attached to an aromatic ring is 1. The number of pyridine rings is 1. The number of hydrogen-bond acceptors (Lipinski definition) is 3. The van der Waals surface area contributed by atoms with Crippen molar-refractivity contribution in [1.82, 2.24) is 4.98 Å². The van der Waals surface area contributed by atoms with Crippen LogP contribution in [0.1, 0.15) is 39.2 Å². The lowest BCUT2D eigenvalue weighted by Crippen LogP contribution is -2.12. The maximum Gasteiger partial charge on any atom is 0.224 e. The lowest BCUT2D eigenvalue weighted by molar-refractivity contribution is -0.116. The van der Waals surface area contributed by atoms with E-state index in [1.54, 1.807) is 6.20 Å². The Morgan fingerprint density at radius 3 is 2.81 bits per heavy atom. The van der Waals surface area contributed by atoms with Crippen molar-refractivity contribution in [3.8, 4) is 0 Å². The smallest absolute Gasteiger partial charge is 0.224 e. The number of anilines is 2. The second kappa shape index (κ2) is 6.57. The molecular formula is C17H23N3O. The van der Waals surface area contributed by atoms with Crippen molar-refractivity contribution in [2.45, 2.75) is 40.0 Å². The molecule has 21 heavy (non-hydrogen) atoms. The zero-order valence-corrected chi connectivity index (χ0v) is 12.9. The average molecular weight is 285 g/mol. The Hall–Kier alpha value is -2.10. The largest absolute Gasteiger partial charge is 0.396 e. The van der Waals surface area contributed by atoms with E-state index < -0.39 is 0 Å². The van der Waals surface area contributed by atoms with Crippen LogP contribution >= 0.6 is 0 Å². The highest BCUT2D eigenvalue weighted by Gasteiger charge is 2.11. The van der Waals surface area contributed by atoms with Gasteiger partial charge in [-0.05, 0) is 24.3 Å². The van der Waals surface area contributed by atoms with Crippen molar-refractivity contribution >= 4 is 28.2 Å². The van der Waals surface area contributed by atoms with Gasteiger partial charge < -0.3 is 11.1 Å². The summed E-state index contributed by atoms with van der Waals surface area (Å²) in [5.41, 5.74) is 9.52. The number of nitrogens with zero attached hydrogens (tertiary/aromatic N) is 1. The standard InChI is InChI=1S/C17H23N3O/c1-4-6-15(21)20-14-10-19-17-12(9-11(2)3)7-5-8-13(17)16(14)18/h5,7-8,10-11H,4,6,9H2,1-3H3,(H2,18,19)(H,20,21). The minimum absolute atomic E-state index is 0.0244. The van der Waals surface area contributed by atoms with E-state index in [2.05, 4.69) is 30.2 Å². The average Bonchev–Trinajstić information content (AvgIpc) is 2.42. The Labute approximate surface area is 125 Å². The second-order valence-electron chi connectivity index (χ2n) is 5.80. The highest BCUT2D eigenvalue weighted by Crippen LogP contribution is 2.29. The molecule has 0 fully saturated rings. The third kappa shape index (κ3) is 3.51. The van der Waals surface area contributed by atoms with Gasteiger partial charge in [0.2, 0.25) is 5.91 Å². The maximum absolute atomic E-state index is 11.7. The van der Waals surface area contributed by atoms with Crippen LogP contribution in [0.25, 0.3) is 10.9 Å². The molecule has 112 valence electrons. The summed E-state index contributed by atoms with van der Waals surface area (Å²) in [5, 5.41) is 3.74. The third-order valence-electron chi connectivity index (χ3n) is 3.40. The summed E-state index contributed by atoms with van der Waals surface area (Å²) in [4.78, 5) is 16.2. The van der Waals surface area contributed by atoms with Crippen molar-refractivity contribution in [2.75, 3.05) is 11.1 Å². The summed E-state index contributed by atoms with van der Waals surface area (Å²) in [6.45, 7) is 6.34. The number of amides is 1. The van der Waals surface area contributed by atoms with E-state index in [1.165, 1.54) is 5.56 Å². The Balaban J connectivity index is 2.41. The highest BCUT2D eigenvalue weighted by molar-refractivity contribution is 6.02. The van der Waals surface area contributed by atoms with Crippen LogP contribution in [0.5, 0.6) is 0 Å². The van der Waals surface area contributed by atoms with Gasteiger partial charge in [0.15, 0.2) is 0 Å². The van der Waals surface area contributed by atoms with Crippen LogP contribution in [-0.4, -0.2) is 10.9 Å². The molecule has 0 aliphatic heterocycles. The number of carbonyl (C=O) groups is 1. The van der Waals surface area contributed by atoms with Crippen LogP contribution in [0.2, 0.25) is 0 Å². The van der Waals surface area contributed by atoms with E-state index >= 15 is 0 Å². The summed E-state index contributed by atoms with van der Waals surface area (Å²) >= 11 is 0. The number of hydrogen-bond donors (Lipinski definition) is 2. The number of nitrogens with two attached hydrogens (primary N) is 1. The predicted molar refractivity (Wildman–Crippen MR) is 88.2 cm³/mol. The lowest BCUT2D eigenvalue weighted by atomic mass is 9.99. The SMILES string of the molecule is CCCC(=O)Nc1cnc2c(CC(C)C)cccc2c1N. The topological polar surface area (TPSA) is 68.0 Å². The van der Waals surface area contributed by atoms with Crippen LogP contribution in [-0.2, 0) is 11.2 Å². The summed E-state index contributed by atoms with van der Waals surface area (Å²) in [6, 6.07) is 6.04. The number of para-hydroxylation sites is 1. The molecule has 0 radical (unpaired) electrons. The van der Waals surface area contributed by atoms with Gasteiger partial charge in [-0.25, -0.2) is 0 Å². The van der Waals surface area contributed by atoms with Crippen LogP contribution in [0, 0.1) is 5.92 Å². The molecule has 0 unspecified atom stereocenters. The number of carbonyl (C=O) groups excluding carboxylic acids is 1. The summed E-state index contributed by atoms with van der Waals surface area (Å²) < 4.78 is 0. The van der Waals surface area contributed by atoms with E-state index in [9.17, 15) is 4.79 Å². The monoisotopic (exact) mass is 285 g/mol. The molecule has 2 rings (SSSR count). The van der Waals surface area contributed by atoms with Crippen molar-refractivity contribution in [1.29, 1.82) is 0 Å². The van der Waals surface area contributed by atoms with Gasteiger partial charge in [-0.15, -0.1) is 0 Å². The van der Waals surface area contributed by atoms with E-state index in [4.69, 9.17) is 5.73 Å². The molecule has 0 atom stereocenters. The summed E-state index contributed by atoms with van der Waals surface area (Å²) in [6.07, 6.45) is 3.93. The van der Waals surface area contributed by atoms with Gasteiger partial charge in [-0.3, -0.25) is 9.78 Å². The lowest BCUT2D eigenvalue weighted by Gasteiger charge is -2.13. The number of benzene rings is 1. The third-order valence-corrected chi connectivity index (χ3v) is 3.40. The molecule has 2 aromatic rings. The van der Waals surface area contributed by atoms with Gasteiger partial charge in [-0.2, -0.15) is 0 Å². The highest BCUT2D eigenvalue weighted by atomic mass is 16.1. The van der Waals surface area contributed by atoms with Crippen molar-refractivity contribution in [3.05, 3.63) is 30.0 Å². The van der Waals surface area contributed by atoms with Crippen LogP contribution in [0.3, 0.4) is 0 Å². The van der Waals surface area contributed by atoms with E-state index in [1.807, 2.05) is 19.1 Å². The van der Waals surface area contributed by atoms with Crippen LogP contribution in [0.15, 0.2) is 24.4 Å². The van der Waals surface area contributed by atoms with Crippen LogP contribution < -0.4 is 11.1 Å².